The minimum absolute atomic E-state index is 0.0109. The van der Waals surface area contributed by atoms with Gasteiger partial charge in [0.25, 0.3) is 5.91 Å². The fourth-order valence-electron chi connectivity index (χ4n) is 5.49. The number of nitrogens with zero attached hydrogens (tertiary/aromatic N) is 2. The molecule has 0 aliphatic carbocycles. The molecular weight excluding hydrogens is 639 g/mol. The molecule has 13 heteroatoms. The first-order valence-corrected chi connectivity index (χ1v) is 17.4. The third-order valence-electron chi connectivity index (χ3n) is 7.74. The van der Waals surface area contributed by atoms with Crippen LogP contribution in [-0.2, 0) is 24.2 Å². The van der Waals surface area contributed by atoms with Crippen LogP contribution in [0.25, 0.3) is 10.8 Å². The molecular formula is C35H41FN4O7S. The molecule has 256 valence electrons. The molecule has 0 saturated heterocycles. The van der Waals surface area contributed by atoms with E-state index in [1.54, 1.807) is 56.4 Å². The number of ether oxygens (including phenoxy) is 3. The summed E-state index contributed by atoms with van der Waals surface area (Å²) in [5, 5.41) is 4.57. The number of rotatable bonds is 15. The van der Waals surface area contributed by atoms with Crippen molar-refractivity contribution >= 4 is 44.0 Å². The molecule has 0 bridgehead atoms. The van der Waals surface area contributed by atoms with Gasteiger partial charge in [0.1, 0.15) is 17.7 Å². The number of aromatic nitrogens is 1. The van der Waals surface area contributed by atoms with E-state index in [1.165, 1.54) is 37.1 Å². The van der Waals surface area contributed by atoms with Gasteiger partial charge in [-0.25, -0.2) is 22.6 Å². The van der Waals surface area contributed by atoms with Crippen LogP contribution in [0.15, 0.2) is 71.8 Å². The summed E-state index contributed by atoms with van der Waals surface area (Å²) in [6.45, 7) is 6.91. The maximum atomic E-state index is 16.1. The fraction of sp³-hybridized carbons (Fsp3) is 0.343. The van der Waals surface area contributed by atoms with E-state index < -0.39 is 39.6 Å². The lowest BCUT2D eigenvalue weighted by molar-refractivity contribution is -0.155. The highest BCUT2D eigenvalue weighted by Crippen LogP contribution is 2.38. The van der Waals surface area contributed by atoms with Gasteiger partial charge in [-0.15, -0.1) is 0 Å². The molecule has 0 aliphatic heterocycles. The van der Waals surface area contributed by atoms with Crippen molar-refractivity contribution in [2.75, 3.05) is 43.7 Å². The largest absolute Gasteiger partial charge is 0.493 e. The summed E-state index contributed by atoms with van der Waals surface area (Å²) in [6, 6.07) is 12.6. The number of sulfone groups is 1. The first-order valence-electron chi connectivity index (χ1n) is 15.7. The summed E-state index contributed by atoms with van der Waals surface area (Å²) >= 11 is 0. The van der Waals surface area contributed by atoms with Gasteiger partial charge in [-0.1, -0.05) is 32.0 Å². The van der Waals surface area contributed by atoms with Crippen molar-refractivity contribution in [3.63, 3.8) is 0 Å². The lowest BCUT2D eigenvalue weighted by Gasteiger charge is -2.35. The van der Waals surface area contributed by atoms with Crippen molar-refractivity contribution in [1.82, 2.24) is 9.88 Å². The van der Waals surface area contributed by atoms with Gasteiger partial charge >= 0.3 is 5.97 Å². The van der Waals surface area contributed by atoms with Crippen LogP contribution < -0.4 is 20.5 Å². The molecule has 3 N–H and O–H groups in total. The summed E-state index contributed by atoms with van der Waals surface area (Å²) < 4.78 is 59.0. The molecule has 0 fully saturated rings. The van der Waals surface area contributed by atoms with Crippen LogP contribution in [0.2, 0.25) is 0 Å². The van der Waals surface area contributed by atoms with Gasteiger partial charge in [0, 0.05) is 41.0 Å². The number of pyridine rings is 1. The Morgan fingerprint density at radius 1 is 0.979 bits per heavy atom. The number of methoxy groups -OCH3 is 1. The number of amides is 1. The van der Waals surface area contributed by atoms with Crippen molar-refractivity contribution in [2.24, 2.45) is 0 Å². The van der Waals surface area contributed by atoms with Gasteiger partial charge in [-0.3, -0.25) is 4.79 Å². The van der Waals surface area contributed by atoms with Gasteiger partial charge in [-0.2, -0.15) is 0 Å². The van der Waals surface area contributed by atoms with Crippen LogP contribution in [0, 0.1) is 5.82 Å². The minimum Gasteiger partial charge on any atom is -0.493 e. The zero-order valence-corrected chi connectivity index (χ0v) is 28.5. The lowest BCUT2D eigenvalue weighted by atomic mass is 9.99. The molecule has 4 rings (SSSR count). The lowest BCUT2D eigenvalue weighted by Crippen LogP contribution is -2.45. The Kier molecular flexibility index (Phi) is 11.8. The second-order valence-electron chi connectivity index (χ2n) is 10.8. The number of hydrogen-bond donors (Lipinski definition) is 2. The van der Waals surface area contributed by atoms with E-state index in [0.29, 0.717) is 23.3 Å². The zero-order valence-electron chi connectivity index (χ0n) is 27.7. The molecule has 0 spiro atoms. The topological polar surface area (TPSA) is 150 Å². The summed E-state index contributed by atoms with van der Waals surface area (Å²) in [4.78, 5) is 33.9. The normalized spacial score (nSPS) is 12.6. The molecule has 1 amide bonds. The van der Waals surface area contributed by atoms with Gasteiger partial charge < -0.3 is 30.2 Å². The van der Waals surface area contributed by atoms with E-state index in [-0.39, 0.29) is 53.0 Å². The number of halogens is 1. The third kappa shape index (κ3) is 7.62. The molecule has 0 aliphatic rings. The number of esters is 1. The van der Waals surface area contributed by atoms with Crippen LogP contribution >= 0.6 is 0 Å². The Morgan fingerprint density at radius 2 is 1.73 bits per heavy atom. The quantitative estimate of drug-likeness (QED) is 0.146. The minimum atomic E-state index is -3.84. The maximum absolute atomic E-state index is 16.1. The molecule has 2 atom stereocenters. The Hall–Kier alpha value is -4.91. The van der Waals surface area contributed by atoms with E-state index >= 15 is 4.39 Å². The Labute approximate surface area is 280 Å². The smallest absolute Gasteiger partial charge is 0.333 e. The van der Waals surface area contributed by atoms with E-state index in [1.807, 2.05) is 6.92 Å². The summed E-state index contributed by atoms with van der Waals surface area (Å²) in [7, 11) is -2.46. The third-order valence-corrected chi connectivity index (χ3v) is 9.55. The zero-order chi connectivity index (χ0) is 35.0. The maximum Gasteiger partial charge on any atom is 0.333 e. The highest BCUT2D eigenvalue weighted by atomic mass is 32.2. The second kappa shape index (κ2) is 15.8. The van der Waals surface area contributed by atoms with Crippen LogP contribution in [0.4, 0.5) is 15.9 Å². The van der Waals surface area contributed by atoms with E-state index in [2.05, 4.69) is 10.3 Å². The van der Waals surface area contributed by atoms with Crippen molar-refractivity contribution in [3.05, 3.63) is 83.8 Å². The van der Waals surface area contributed by atoms with Gasteiger partial charge in [0.15, 0.2) is 27.4 Å². The molecule has 1 heterocycles. The highest BCUT2D eigenvalue weighted by Gasteiger charge is 2.39. The molecule has 48 heavy (non-hydrogen) atoms. The number of carbonyl (C=O) groups is 2. The van der Waals surface area contributed by atoms with Crippen molar-refractivity contribution < 1.29 is 36.6 Å². The molecule has 3 aromatic carbocycles. The van der Waals surface area contributed by atoms with Crippen LogP contribution in [0.3, 0.4) is 0 Å². The molecule has 0 saturated carbocycles. The number of carbonyl (C=O) groups excluding carboxylic acids is 2. The Balaban J connectivity index is 1.96. The monoisotopic (exact) mass is 680 g/mol. The SMILES string of the molecule is CCCN(C(=O)[C@@H](Nc1ccc2c(N)nccc2c1)c1cc(OCC)c(OC)cc1F)[C@H](C(=O)OCC)c1ccccc1S(=O)(=O)CC. The average molecular weight is 681 g/mol. The number of nitrogens with two attached hydrogens (primary N) is 1. The molecule has 0 unspecified atom stereocenters. The molecule has 1 aromatic heterocycles. The predicted octanol–water partition coefficient (Wildman–Crippen LogP) is 5.85. The van der Waals surface area contributed by atoms with Crippen molar-refractivity contribution in [3.8, 4) is 11.5 Å². The highest BCUT2D eigenvalue weighted by molar-refractivity contribution is 7.91. The van der Waals surface area contributed by atoms with Crippen LogP contribution in [-0.4, -0.2) is 62.8 Å². The van der Waals surface area contributed by atoms with E-state index in [0.717, 1.165) is 11.5 Å². The number of anilines is 2. The standard InChI is InChI=1S/C35H41FN4O7S/c1-6-18-40(32(35(42)47-8-3)25-12-10-11-13-30(25)48(43,44)9-4)34(41)31(26-20-29(46-7-2)28(45-5)21-27(26)36)39-23-14-15-24-22(19-23)16-17-38-33(24)37/h10-17,19-21,31-32,39H,6-9,18H2,1-5H3,(H2,37,38)/t31-,32-/m0/s1. The fourth-order valence-corrected chi connectivity index (χ4v) is 6.63. The average Bonchev–Trinajstić information content (AvgIpc) is 3.08. The molecule has 4 aromatic rings. The van der Waals surface area contributed by atoms with Gasteiger partial charge in [0.05, 0.1) is 31.0 Å². The molecule has 0 radical (unpaired) electrons. The van der Waals surface area contributed by atoms with E-state index in [4.69, 9.17) is 19.9 Å². The van der Waals surface area contributed by atoms with Crippen LogP contribution in [0.5, 0.6) is 11.5 Å². The molecule has 11 nitrogen and oxygen atoms in total. The number of nitrogens with one attached hydrogen (secondary N) is 1. The van der Waals surface area contributed by atoms with Gasteiger partial charge in [0.2, 0.25) is 0 Å². The first kappa shape index (κ1) is 35.9. The second-order valence-corrected chi connectivity index (χ2v) is 13.0. The number of hydrogen-bond acceptors (Lipinski definition) is 10. The van der Waals surface area contributed by atoms with Gasteiger partial charge in [-0.05, 0) is 62.1 Å². The number of benzene rings is 3. The Morgan fingerprint density at radius 3 is 2.40 bits per heavy atom. The Bertz CT molecular complexity index is 1890. The van der Waals surface area contributed by atoms with E-state index in [9.17, 15) is 18.0 Å². The van der Waals surface area contributed by atoms with Crippen LogP contribution in [0.1, 0.15) is 57.3 Å². The van der Waals surface area contributed by atoms with Crippen molar-refractivity contribution in [1.29, 1.82) is 0 Å². The number of nitrogen functional groups attached to an aromatic ring is 1. The predicted molar refractivity (Wildman–Crippen MR) is 182 cm³/mol. The first-order chi connectivity index (χ1) is 23.0. The number of fused-ring (bicyclic) bond motifs is 1. The van der Waals surface area contributed by atoms with Crippen molar-refractivity contribution in [2.45, 2.75) is 51.1 Å². The summed E-state index contributed by atoms with van der Waals surface area (Å²) in [5.41, 5.74) is 6.49. The summed E-state index contributed by atoms with van der Waals surface area (Å²) in [6.07, 6.45) is 1.94. The summed E-state index contributed by atoms with van der Waals surface area (Å²) in [5.74, 6) is -1.88.